The van der Waals surface area contributed by atoms with E-state index in [0.717, 1.165) is 19.4 Å². The Hall–Kier alpha value is -0.530. The Balaban J connectivity index is 3.81. The first kappa shape index (κ1) is 9.47. The Morgan fingerprint density at radius 2 is 1.80 bits per heavy atom. The van der Waals surface area contributed by atoms with Gasteiger partial charge in [-0.15, -0.1) is 0 Å². The number of rotatable bonds is 5. The summed E-state index contributed by atoms with van der Waals surface area (Å²) >= 11 is 0. The predicted molar refractivity (Wildman–Crippen MR) is 42.4 cm³/mol. The van der Waals surface area contributed by atoms with Gasteiger partial charge in [-0.3, -0.25) is 4.79 Å². The molecule has 0 atom stereocenters. The molecule has 0 unspecified atom stereocenters. The zero-order valence-electron chi connectivity index (χ0n) is 7.05. The minimum Gasteiger partial charge on any atom is -0.332 e. The van der Waals surface area contributed by atoms with E-state index in [1.807, 2.05) is 13.3 Å². The van der Waals surface area contributed by atoms with Crippen LogP contribution in [0.25, 0.3) is 0 Å². The number of carbonyl (C=O) groups excluding carboxylic acids is 1. The maximum absolute atomic E-state index is 10.3. The lowest BCUT2D eigenvalue weighted by molar-refractivity contribution is 0.290. The Bertz CT molecular complexity index is 89.3. The van der Waals surface area contributed by atoms with Gasteiger partial charge in [0.2, 0.25) is 0 Å². The molecule has 2 heteroatoms. The van der Waals surface area contributed by atoms with Crippen LogP contribution < -0.4 is 0 Å². The first-order valence-corrected chi connectivity index (χ1v) is 3.94. The zero-order valence-corrected chi connectivity index (χ0v) is 7.05. The Morgan fingerprint density at radius 3 is 1.90 bits per heavy atom. The lowest BCUT2D eigenvalue weighted by Crippen LogP contribution is -2.32. The number of hydrogen-bond acceptors (Lipinski definition) is 1. The predicted octanol–water partition coefficient (Wildman–Crippen LogP) is 1.56. The molecule has 1 radical (unpaired) electrons. The minimum absolute atomic E-state index is 0.391. The van der Waals surface area contributed by atoms with Crippen molar-refractivity contribution in [2.24, 2.45) is 0 Å². The average Bonchev–Trinajstić information content (AvgIpc) is 2.00. The summed E-state index contributed by atoms with van der Waals surface area (Å²) < 4.78 is 0. The molecule has 2 nitrogen and oxygen atoms in total. The van der Waals surface area contributed by atoms with E-state index in [4.69, 9.17) is 0 Å². The van der Waals surface area contributed by atoms with Crippen molar-refractivity contribution in [2.45, 2.75) is 39.7 Å². The third-order valence-corrected chi connectivity index (χ3v) is 1.84. The molecule has 0 aliphatic rings. The molecule has 0 saturated carbocycles. The van der Waals surface area contributed by atoms with E-state index in [2.05, 4.69) is 13.8 Å². The van der Waals surface area contributed by atoms with E-state index in [0.29, 0.717) is 6.04 Å². The fraction of sp³-hybridized carbons (Fsp3) is 0.875. The van der Waals surface area contributed by atoms with Crippen molar-refractivity contribution in [2.75, 3.05) is 6.54 Å². The summed E-state index contributed by atoms with van der Waals surface area (Å²) in [5.74, 6) is 0. The third kappa shape index (κ3) is 2.38. The van der Waals surface area contributed by atoms with Crippen LogP contribution in [-0.2, 0) is 4.79 Å². The number of hydrogen-bond donors (Lipinski definition) is 0. The molecule has 0 aromatic carbocycles. The monoisotopic (exact) mass is 142 g/mol. The van der Waals surface area contributed by atoms with Gasteiger partial charge in [0.25, 0.3) is 0 Å². The van der Waals surface area contributed by atoms with Crippen LogP contribution in [0, 0.1) is 0 Å². The van der Waals surface area contributed by atoms with E-state index < -0.39 is 0 Å². The van der Waals surface area contributed by atoms with Crippen LogP contribution in [0.4, 0.5) is 0 Å². The summed E-state index contributed by atoms with van der Waals surface area (Å²) in [5, 5.41) is 0. The highest BCUT2D eigenvalue weighted by molar-refractivity contribution is 5.48. The first-order valence-electron chi connectivity index (χ1n) is 3.94. The Morgan fingerprint density at radius 1 is 1.30 bits per heavy atom. The summed E-state index contributed by atoms with van der Waals surface area (Å²) in [7, 11) is 0. The van der Waals surface area contributed by atoms with Crippen molar-refractivity contribution in [1.29, 1.82) is 0 Å². The van der Waals surface area contributed by atoms with Crippen molar-refractivity contribution < 1.29 is 4.79 Å². The van der Waals surface area contributed by atoms with Gasteiger partial charge in [-0.25, -0.2) is 0 Å². The van der Waals surface area contributed by atoms with Crippen molar-refractivity contribution in [3.05, 3.63) is 0 Å². The van der Waals surface area contributed by atoms with Gasteiger partial charge in [0.1, 0.15) is 0 Å². The maximum Gasteiger partial charge on any atom is 0.312 e. The van der Waals surface area contributed by atoms with Crippen LogP contribution in [0.2, 0.25) is 0 Å². The molecule has 0 aromatic rings. The molecule has 0 spiro atoms. The number of nitrogens with zero attached hydrogens (tertiary/aromatic N) is 1. The smallest absolute Gasteiger partial charge is 0.312 e. The van der Waals surface area contributed by atoms with Gasteiger partial charge in [-0.05, 0) is 19.8 Å². The highest BCUT2D eigenvalue weighted by atomic mass is 16.1. The maximum atomic E-state index is 10.3. The molecule has 0 rings (SSSR count). The molecule has 0 saturated heterocycles. The van der Waals surface area contributed by atoms with Crippen molar-refractivity contribution >= 4 is 6.41 Å². The molecular weight excluding hydrogens is 126 g/mol. The SMILES string of the molecule is CCC(CC)N([C]=O)CC. The van der Waals surface area contributed by atoms with Crippen molar-refractivity contribution in [1.82, 2.24) is 4.90 Å². The van der Waals surface area contributed by atoms with E-state index in [1.165, 1.54) is 0 Å². The average molecular weight is 142 g/mol. The van der Waals surface area contributed by atoms with Gasteiger partial charge in [-0.2, -0.15) is 0 Å². The minimum atomic E-state index is 0.391. The fourth-order valence-electron chi connectivity index (χ4n) is 1.13. The third-order valence-electron chi connectivity index (χ3n) is 1.84. The molecule has 59 valence electrons. The standard InChI is InChI=1S/C8H16NO/c1-4-8(5-2)9(6-3)7-10/h8H,4-6H2,1-3H3. The second-order valence-electron chi connectivity index (χ2n) is 2.35. The summed E-state index contributed by atoms with van der Waals surface area (Å²) in [4.78, 5) is 12.0. The summed E-state index contributed by atoms with van der Waals surface area (Å²) in [6, 6.07) is 0.391. The fourth-order valence-corrected chi connectivity index (χ4v) is 1.13. The quantitative estimate of drug-likeness (QED) is 0.533. The van der Waals surface area contributed by atoms with Gasteiger partial charge >= 0.3 is 6.41 Å². The highest BCUT2D eigenvalue weighted by Gasteiger charge is 2.10. The van der Waals surface area contributed by atoms with Crippen LogP contribution in [0.15, 0.2) is 0 Å². The highest BCUT2D eigenvalue weighted by Crippen LogP contribution is 2.04. The van der Waals surface area contributed by atoms with Crippen LogP contribution in [-0.4, -0.2) is 23.9 Å². The summed E-state index contributed by atoms with van der Waals surface area (Å²) in [6.45, 7) is 6.93. The molecule has 0 bridgehead atoms. The van der Waals surface area contributed by atoms with E-state index >= 15 is 0 Å². The Kier molecular flexibility index (Phi) is 4.99. The molecule has 0 aliphatic heterocycles. The topological polar surface area (TPSA) is 20.3 Å². The lowest BCUT2D eigenvalue weighted by atomic mass is 10.1. The second kappa shape index (κ2) is 5.27. The van der Waals surface area contributed by atoms with Crippen LogP contribution in [0.5, 0.6) is 0 Å². The van der Waals surface area contributed by atoms with Gasteiger partial charge in [0.15, 0.2) is 0 Å². The van der Waals surface area contributed by atoms with E-state index in [-0.39, 0.29) is 0 Å². The van der Waals surface area contributed by atoms with Crippen LogP contribution in [0.1, 0.15) is 33.6 Å². The van der Waals surface area contributed by atoms with Gasteiger partial charge in [-0.1, -0.05) is 13.8 Å². The van der Waals surface area contributed by atoms with E-state index in [9.17, 15) is 4.79 Å². The van der Waals surface area contributed by atoms with E-state index in [1.54, 1.807) is 4.90 Å². The van der Waals surface area contributed by atoms with Crippen molar-refractivity contribution in [3.63, 3.8) is 0 Å². The summed E-state index contributed by atoms with van der Waals surface area (Å²) in [6.07, 6.45) is 3.99. The largest absolute Gasteiger partial charge is 0.332 e. The molecule has 0 N–H and O–H groups in total. The lowest BCUT2D eigenvalue weighted by Gasteiger charge is -2.23. The first-order chi connectivity index (χ1) is 4.79. The molecule has 10 heavy (non-hydrogen) atoms. The molecule has 0 heterocycles. The van der Waals surface area contributed by atoms with Gasteiger partial charge in [0, 0.05) is 12.6 Å². The Labute approximate surface area is 63.2 Å². The second-order valence-corrected chi connectivity index (χ2v) is 2.35. The van der Waals surface area contributed by atoms with Crippen LogP contribution >= 0.6 is 0 Å². The van der Waals surface area contributed by atoms with Gasteiger partial charge < -0.3 is 4.90 Å². The zero-order chi connectivity index (χ0) is 7.98. The molecule has 0 aliphatic carbocycles. The normalized spacial score (nSPS) is 10.0. The molecule has 0 fully saturated rings. The van der Waals surface area contributed by atoms with Crippen molar-refractivity contribution in [3.8, 4) is 0 Å². The molecule has 1 amide bonds. The number of amides is 1. The molecular formula is C8H16NO. The summed E-state index contributed by atoms with van der Waals surface area (Å²) in [5.41, 5.74) is 0. The molecule has 0 aromatic heterocycles. The van der Waals surface area contributed by atoms with Crippen LogP contribution in [0.3, 0.4) is 0 Å². The van der Waals surface area contributed by atoms with Gasteiger partial charge in [0.05, 0.1) is 0 Å².